The quantitative estimate of drug-likeness (QED) is 0.0960. The number of esters is 2. The number of hydrogen-bond donors (Lipinski definition) is 0. The number of hydrogen-bond acceptors (Lipinski definition) is 12. The van der Waals surface area contributed by atoms with Gasteiger partial charge in [0.05, 0.1) is 9.81 Å². The third-order valence-electron chi connectivity index (χ3n) is 6.03. The summed E-state index contributed by atoms with van der Waals surface area (Å²) in [7, 11) is 7.68. The Morgan fingerprint density at radius 3 is 1.40 bits per heavy atom. The Morgan fingerprint density at radius 1 is 0.675 bits per heavy atom. The fraction of sp³-hybridized carbons (Fsp3) is 0.692. The zero-order valence-corrected chi connectivity index (χ0v) is 27.0. The zero-order chi connectivity index (χ0) is 29.7. The minimum atomic E-state index is -0.272. The molecule has 2 aliphatic rings. The van der Waals surface area contributed by atoms with Crippen LogP contribution in [0.1, 0.15) is 51.4 Å². The molecule has 2 amide bonds. The van der Waals surface area contributed by atoms with E-state index in [-0.39, 0.29) is 23.8 Å². The highest BCUT2D eigenvalue weighted by atomic mass is 32.2. The van der Waals surface area contributed by atoms with E-state index in [1.165, 1.54) is 9.80 Å². The molecule has 0 radical (unpaired) electrons. The molecule has 14 heteroatoms. The van der Waals surface area contributed by atoms with Gasteiger partial charge in [0.15, 0.2) is 0 Å². The SMILES string of the molecule is CN(C)CCOC(=O)CCCCCN1C(=O)/C(=C2/SC(=S)N(CCCCCC(=O)OCCN(C)C)C2=O)SC1=S. The largest absolute Gasteiger partial charge is 0.464 e. The van der Waals surface area contributed by atoms with E-state index in [4.69, 9.17) is 33.9 Å². The Labute approximate surface area is 256 Å². The van der Waals surface area contributed by atoms with Gasteiger partial charge in [0.2, 0.25) is 0 Å². The normalized spacial score (nSPS) is 17.6. The smallest absolute Gasteiger partial charge is 0.305 e. The van der Waals surface area contributed by atoms with Crippen LogP contribution in [0.2, 0.25) is 0 Å². The molecule has 2 saturated heterocycles. The molecule has 0 atom stereocenters. The maximum atomic E-state index is 13.1. The summed E-state index contributed by atoms with van der Waals surface area (Å²) in [6, 6.07) is 0. The van der Waals surface area contributed by atoms with Crippen LogP contribution in [0.3, 0.4) is 0 Å². The second-order valence-electron chi connectivity index (χ2n) is 9.98. The predicted octanol–water partition coefficient (Wildman–Crippen LogP) is 3.25. The summed E-state index contributed by atoms with van der Waals surface area (Å²) in [6.07, 6.45) is 4.92. The van der Waals surface area contributed by atoms with Gasteiger partial charge in [-0.1, -0.05) is 60.8 Å². The van der Waals surface area contributed by atoms with E-state index in [1.54, 1.807) is 0 Å². The lowest BCUT2D eigenvalue weighted by atomic mass is 10.2. The molecule has 0 bridgehead atoms. The summed E-state index contributed by atoms with van der Waals surface area (Å²) in [5, 5.41) is 0. The molecule has 0 spiro atoms. The Kier molecular flexibility index (Phi) is 15.6. The molecular formula is C26H40N4O6S4. The minimum absolute atomic E-state index is 0.215. The van der Waals surface area contributed by atoms with Gasteiger partial charge in [-0.2, -0.15) is 0 Å². The van der Waals surface area contributed by atoms with Gasteiger partial charge in [0.25, 0.3) is 11.8 Å². The monoisotopic (exact) mass is 632 g/mol. The topological polar surface area (TPSA) is 99.7 Å². The van der Waals surface area contributed by atoms with E-state index in [1.807, 2.05) is 38.0 Å². The molecule has 224 valence electrons. The molecule has 0 aromatic carbocycles. The van der Waals surface area contributed by atoms with Crippen molar-refractivity contribution in [3.05, 3.63) is 9.81 Å². The predicted molar refractivity (Wildman–Crippen MR) is 167 cm³/mol. The molecule has 2 heterocycles. The number of carbonyl (C=O) groups is 4. The highest BCUT2D eigenvalue weighted by Crippen LogP contribution is 2.42. The van der Waals surface area contributed by atoms with E-state index in [2.05, 4.69) is 0 Å². The van der Waals surface area contributed by atoms with Crippen LogP contribution < -0.4 is 0 Å². The molecule has 40 heavy (non-hydrogen) atoms. The van der Waals surface area contributed by atoms with Gasteiger partial charge in [0, 0.05) is 39.0 Å². The molecule has 0 N–H and O–H groups in total. The molecule has 0 aromatic heterocycles. The van der Waals surface area contributed by atoms with Gasteiger partial charge in [0.1, 0.15) is 21.9 Å². The number of likely N-dealkylation sites (N-methyl/N-ethyl adjacent to an activating group) is 2. The van der Waals surface area contributed by atoms with E-state index in [0.717, 1.165) is 36.4 Å². The van der Waals surface area contributed by atoms with Gasteiger partial charge in [-0.05, 0) is 53.9 Å². The highest BCUT2D eigenvalue weighted by Gasteiger charge is 2.41. The van der Waals surface area contributed by atoms with Crippen molar-refractivity contribution >= 4 is 80.4 Å². The van der Waals surface area contributed by atoms with Gasteiger partial charge < -0.3 is 19.3 Å². The van der Waals surface area contributed by atoms with Crippen LogP contribution in [0, 0.1) is 0 Å². The van der Waals surface area contributed by atoms with Gasteiger partial charge in [-0.3, -0.25) is 29.0 Å². The number of amides is 2. The summed E-state index contributed by atoms with van der Waals surface area (Å²) < 4.78 is 11.2. The Bertz CT molecular complexity index is 912. The fourth-order valence-electron chi connectivity index (χ4n) is 3.72. The van der Waals surface area contributed by atoms with Crippen molar-refractivity contribution in [1.82, 2.24) is 19.6 Å². The van der Waals surface area contributed by atoms with E-state index in [9.17, 15) is 19.2 Å². The van der Waals surface area contributed by atoms with Crippen LogP contribution in [-0.4, -0.2) is 120 Å². The molecular weight excluding hydrogens is 593 g/mol. The van der Waals surface area contributed by atoms with Crippen molar-refractivity contribution in [2.75, 3.05) is 67.6 Å². The standard InChI is InChI=1S/C26H40N4O6S4/c1-27(2)15-17-35-19(31)11-7-5-9-13-29-23(33)21(39-25(29)37)22-24(34)30(26(38)40-22)14-10-6-8-12-20(32)36-18-16-28(3)4/h5-18H2,1-4H3/b22-21-. The molecule has 10 nitrogen and oxygen atoms in total. The molecule has 2 aliphatic heterocycles. The number of ether oxygens (including phenoxy) is 2. The van der Waals surface area contributed by atoms with Crippen molar-refractivity contribution in [2.45, 2.75) is 51.4 Å². The Morgan fingerprint density at radius 2 is 1.05 bits per heavy atom. The number of thiocarbonyl (C=S) groups is 2. The number of nitrogens with zero attached hydrogens (tertiary/aromatic N) is 4. The van der Waals surface area contributed by atoms with E-state index >= 15 is 0 Å². The van der Waals surface area contributed by atoms with E-state index < -0.39 is 0 Å². The van der Waals surface area contributed by atoms with Crippen LogP contribution in [0.15, 0.2) is 9.81 Å². The van der Waals surface area contributed by atoms with Crippen LogP contribution in [0.4, 0.5) is 0 Å². The summed E-state index contributed by atoms with van der Waals surface area (Å²) >= 11 is 13.1. The van der Waals surface area contributed by atoms with Crippen LogP contribution in [-0.2, 0) is 28.7 Å². The molecule has 0 aliphatic carbocycles. The fourth-order valence-corrected chi connectivity index (χ4v) is 6.49. The molecule has 0 saturated carbocycles. The van der Waals surface area contributed by atoms with Crippen molar-refractivity contribution in [1.29, 1.82) is 0 Å². The van der Waals surface area contributed by atoms with Crippen molar-refractivity contribution in [3.63, 3.8) is 0 Å². The van der Waals surface area contributed by atoms with Crippen LogP contribution in [0.25, 0.3) is 0 Å². The third kappa shape index (κ3) is 11.7. The lowest BCUT2D eigenvalue weighted by molar-refractivity contribution is -0.145. The van der Waals surface area contributed by atoms with Gasteiger partial charge >= 0.3 is 11.9 Å². The summed E-state index contributed by atoms with van der Waals surface area (Å²) in [6.45, 7) is 3.00. The Hall–Kier alpha value is -1.58. The lowest BCUT2D eigenvalue weighted by Gasteiger charge is -2.14. The molecule has 0 aromatic rings. The number of rotatable bonds is 18. The summed E-state index contributed by atoms with van der Waals surface area (Å²) in [5.74, 6) is -0.974. The number of thioether (sulfide) groups is 2. The summed E-state index contributed by atoms with van der Waals surface area (Å²) in [5.41, 5.74) is 0. The zero-order valence-electron chi connectivity index (χ0n) is 23.8. The maximum Gasteiger partial charge on any atom is 0.305 e. The second-order valence-corrected chi connectivity index (χ2v) is 13.3. The maximum absolute atomic E-state index is 13.1. The number of unbranched alkanes of at least 4 members (excludes halogenated alkanes) is 4. The minimum Gasteiger partial charge on any atom is -0.464 e. The van der Waals surface area contributed by atoms with Crippen LogP contribution >= 0.6 is 48.0 Å². The first kappa shape index (κ1) is 34.6. The third-order valence-corrected chi connectivity index (χ3v) is 9.06. The average molecular weight is 633 g/mol. The van der Waals surface area contributed by atoms with E-state index in [0.29, 0.717) is 96.4 Å². The first-order valence-electron chi connectivity index (χ1n) is 13.4. The lowest BCUT2D eigenvalue weighted by Crippen LogP contribution is -2.31. The van der Waals surface area contributed by atoms with Gasteiger partial charge in [-0.15, -0.1) is 0 Å². The van der Waals surface area contributed by atoms with Crippen LogP contribution in [0.5, 0.6) is 0 Å². The average Bonchev–Trinajstić information content (AvgIpc) is 3.32. The summed E-state index contributed by atoms with van der Waals surface area (Å²) in [4.78, 5) is 57.4. The highest BCUT2D eigenvalue weighted by molar-refractivity contribution is 8.29. The second kappa shape index (κ2) is 18.1. The van der Waals surface area contributed by atoms with Gasteiger partial charge in [-0.25, -0.2) is 0 Å². The first-order valence-corrected chi connectivity index (χ1v) is 15.9. The van der Waals surface area contributed by atoms with Crippen molar-refractivity contribution < 1.29 is 28.7 Å². The van der Waals surface area contributed by atoms with Crippen molar-refractivity contribution in [3.8, 4) is 0 Å². The Balaban J connectivity index is 1.74. The first-order chi connectivity index (χ1) is 19.0. The van der Waals surface area contributed by atoms with Crippen molar-refractivity contribution in [2.24, 2.45) is 0 Å². The number of carbonyl (C=O) groups excluding carboxylic acids is 4. The molecule has 0 unspecified atom stereocenters. The molecule has 2 rings (SSSR count). The molecule has 2 fully saturated rings.